The third-order valence-corrected chi connectivity index (χ3v) is 4.70. The van der Waals surface area contributed by atoms with Crippen molar-refractivity contribution >= 4 is 11.8 Å². The summed E-state index contributed by atoms with van der Waals surface area (Å²) >= 11 is 1.79. The van der Waals surface area contributed by atoms with Crippen LogP contribution in [0.3, 0.4) is 0 Å². The maximum absolute atomic E-state index is 9.61. The van der Waals surface area contributed by atoms with Crippen molar-refractivity contribution in [2.24, 2.45) is 0 Å². The zero-order valence-electron chi connectivity index (χ0n) is 12.9. The molecular weight excluding hydrogens is 270 g/mol. The van der Waals surface area contributed by atoms with Crippen LogP contribution in [-0.4, -0.2) is 35.4 Å². The fraction of sp³-hybridized carbons (Fsp3) is 0.625. The van der Waals surface area contributed by atoms with E-state index in [1.165, 1.54) is 5.56 Å². The maximum atomic E-state index is 9.61. The molecule has 0 heterocycles. The van der Waals surface area contributed by atoms with Gasteiger partial charge < -0.3 is 15.2 Å². The highest BCUT2D eigenvalue weighted by atomic mass is 32.2. The Morgan fingerprint density at radius 2 is 1.95 bits per heavy atom. The zero-order valence-corrected chi connectivity index (χ0v) is 13.7. The quantitative estimate of drug-likeness (QED) is 0.734. The second-order valence-electron chi connectivity index (χ2n) is 4.86. The van der Waals surface area contributed by atoms with Crippen molar-refractivity contribution in [2.75, 3.05) is 18.9 Å². The van der Waals surface area contributed by atoms with Crippen LogP contribution >= 0.6 is 11.8 Å². The van der Waals surface area contributed by atoms with E-state index in [9.17, 15) is 5.11 Å². The van der Waals surface area contributed by atoms with Crippen molar-refractivity contribution in [1.82, 2.24) is 5.32 Å². The molecule has 0 saturated heterocycles. The summed E-state index contributed by atoms with van der Waals surface area (Å²) in [6.07, 6.45) is -0.288. The Hall–Kier alpha value is -0.710. The van der Waals surface area contributed by atoms with E-state index in [1.54, 1.807) is 11.8 Å². The van der Waals surface area contributed by atoms with E-state index in [-0.39, 0.29) is 17.4 Å². The van der Waals surface area contributed by atoms with Gasteiger partial charge in [0.2, 0.25) is 0 Å². The molecule has 3 atom stereocenters. The maximum Gasteiger partial charge on any atom is 0.124 e. The topological polar surface area (TPSA) is 41.5 Å². The lowest BCUT2D eigenvalue weighted by atomic mass is 10.1. The number of aliphatic hydroxyl groups excluding tert-OH is 1. The predicted octanol–water partition coefficient (Wildman–Crippen LogP) is 3.24. The number of para-hydroxylation sites is 1. The minimum atomic E-state index is -0.288. The van der Waals surface area contributed by atoms with Crippen molar-refractivity contribution < 1.29 is 9.84 Å². The van der Waals surface area contributed by atoms with Crippen molar-refractivity contribution in [1.29, 1.82) is 0 Å². The highest BCUT2D eigenvalue weighted by Gasteiger charge is 2.18. The first-order chi connectivity index (χ1) is 9.60. The van der Waals surface area contributed by atoms with E-state index in [1.807, 2.05) is 32.0 Å². The zero-order chi connectivity index (χ0) is 15.0. The lowest BCUT2D eigenvalue weighted by molar-refractivity contribution is 0.196. The average Bonchev–Trinajstić information content (AvgIpc) is 2.44. The second kappa shape index (κ2) is 9.27. The first-order valence-electron chi connectivity index (χ1n) is 7.34. The molecule has 0 radical (unpaired) electrons. The van der Waals surface area contributed by atoms with Gasteiger partial charge in [0.05, 0.1) is 12.7 Å². The van der Waals surface area contributed by atoms with Crippen molar-refractivity contribution in [3.05, 3.63) is 29.8 Å². The minimum absolute atomic E-state index is 0.232. The molecule has 2 N–H and O–H groups in total. The molecular formula is C16H27NO2S. The van der Waals surface area contributed by atoms with Crippen LogP contribution in [-0.2, 0) is 0 Å². The SMILES string of the molecule is CCNC(CSC(C)C(C)O)c1ccccc1OCC. The number of benzene rings is 1. The molecule has 1 aromatic carbocycles. The number of aliphatic hydroxyl groups is 1. The van der Waals surface area contributed by atoms with Crippen LogP contribution in [0.15, 0.2) is 24.3 Å². The molecule has 20 heavy (non-hydrogen) atoms. The van der Waals surface area contributed by atoms with Gasteiger partial charge in [-0.3, -0.25) is 0 Å². The Morgan fingerprint density at radius 1 is 1.25 bits per heavy atom. The summed E-state index contributed by atoms with van der Waals surface area (Å²) in [5.74, 6) is 1.87. The first kappa shape index (κ1) is 17.3. The van der Waals surface area contributed by atoms with Crippen molar-refractivity contribution in [3.63, 3.8) is 0 Å². The third-order valence-electron chi connectivity index (χ3n) is 3.25. The van der Waals surface area contributed by atoms with E-state index in [0.29, 0.717) is 6.61 Å². The summed E-state index contributed by atoms with van der Waals surface area (Å²) in [6, 6.07) is 8.43. The molecule has 3 unspecified atom stereocenters. The van der Waals surface area contributed by atoms with Gasteiger partial charge >= 0.3 is 0 Å². The fourth-order valence-electron chi connectivity index (χ4n) is 1.95. The summed E-state index contributed by atoms with van der Waals surface area (Å²) in [5, 5.41) is 13.3. The Bertz CT molecular complexity index is 384. The number of ether oxygens (including phenoxy) is 1. The summed E-state index contributed by atoms with van der Waals surface area (Å²) in [6.45, 7) is 9.60. The number of hydrogen-bond acceptors (Lipinski definition) is 4. The molecule has 0 amide bonds. The number of hydrogen-bond donors (Lipinski definition) is 2. The van der Waals surface area contributed by atoms with E-state index < -0.39 is 0 Å². The normalized spacial score (nSPS) is 15.7. The van der Waals surface area contributed by atoms with Crippen LogP contribution in [0.2, 0.25) is 0 Å². The summed E-state index contributed by atoms with van der Waals surface area (Å²) in [7, 11) is 0. The van der Waals surface area contributed by atoms with Gasteiger partial charge in [0.25, 0.3) is 0 Å². The number of thioether (sulfide) groups is 1. The van der Waals surface area contributed by atoms with Crippen molar-refractivity contribution in [3.8, 4) is 5.75 Å². The molecule has 0 aliphatic heterocycles. The van der Waals surface area contributed by atoms with Gasteiger partial charge in [0, 0.05) is 22.6 Å². The van der Waals surface area contributed by atoms with Gasteiger partial charge in [0.15, 0.2) is 0 Å². The fourth-order valence-corrected chi connectivity index (χ4v) is 3.02. The van der Waals surface area contributed by atoms with Crippen LogP contribution in [0, 0.1) is 0 Å². The molecule has 0 aliphatic rings. The molecule has 4 heteroatoms. The minimum Gasteiger partial charge on any atom is -0.494 e. The molecule has 0 aromatic heterocycles. The van der Waals surface area contributed by atoms with E-state index in [4.69, 9.17) is 4.74 Å². The highest BCUT2D eigenvalue weighted by Crippen LogP contribution is 2.29. The molecule has 114 valence electrons. The van der Waals surface area contributed by atoms with E-state index in [0.717, 1.165) is 18.0 Å². The van der Waals surface area contributed by atoms with E-state index in [2.05, 4.69) is 25.2 Å². The molecule has 3 nitrogen and oxygen atoms in total. The van der Waals surface area contributed by atoms with Crippen LogP contribution < -0.4 is 10.1 Å². The van der Waals surface area contributed by atoms with Crippen LogP contribution in [0.4, 0.5) is 0 Å². The highest BCUT2D eigenvalue weighted by molar-refractivity contribution is 7.99. The largest absolute Gasteiger partial charge is 0.494 e. The van der Waals surface area contributed by atoms with Crippen molar-refractivity contribution in [2.45, 2.75) is 45.1 Å². The van der Waals surface area contributed by atoms with Gasteiger partial charge in [-0.25, -0.2) is 0 Å². The molecule has 0 bridgehead atoms. The lowest BCUT2D eigenvalue weighted by Crippen LogP contribution is -2.26. The standard InChI is InChI=1S/C16H27NO2S/c1-5-17-15(11-20-13(4)12(3)18)14-9-7-8-10-16(14)19-6-2/h7-10,12-13,15,17-18H,5-6,11H2,1-4H3. The molecule has 1 aromatic rings. The Balaban J connectivity index is 2.79. The second-order valence-corrected chi connectivity index (χ2v) is 6.27. The molecule has 0 spiro atoms. The Labute approximate surface area is 127 Å². The third kappa shape index (κ3) is 5.35. The summed E-state index contributed by atoms with van der Waals surface area (Å²) in [4.78, 5) is 0. The first-order valence-corrected chi connectivity index (χ1v) is 8.39. The lowest BCUT2D eigenvalue weighted by Gasteiger charge is -2.23. The smallest absolute Gasteiger partial charge is 0.124 e. The van der Waals surface area contributed by atoms with Gasteiger partial charge in [0.1, 0.15) is 5.75 Å². The molecule has 0 aliphatic carbocycles. The van der Waals surface area contributed by atoms with E-state index >= 15 is 0 Å². The Morgan fingerprint density at radius 3 is 2.55 bits per heavy atom. The predicted molar refractivity (Wildman–Crippen MR) is 87.6 cm³/mol. The van der Waals surface area contributed by atoms with Crippen LogP contribution in [0.25, 0.3) is 0 Å². The van der Waals surface area contributed by atoms with Gasteiger partial charge in [-0.2, -0.15) is 11.8 Å². The molecule has 0 fully saturated rings. The van der Waals surface area contributed by atoms with Crippen LogP contribution in [0.5, 0.6) is 5.75 Å². The van der Waals surface area contributed by atoms with Gasteiger partial charge in [-0.1, -0.05) is 32.0 Å². The van der Waals surface area contributed by atoms with Crippen LogP contribution in [0.1, 0.15) is 39.3 Å². The monoisotopic (exact) mass is 297 g/mol. The molecule has 0 saturated carbocycles. The summed E-state index contributed by atoms with van der Waals surface area (Å²) < 4.78 is 5.72. The summed E-state index contributed by atoms with van der Waals surface area (Å²) in [5.41, 5.74) is 1.20. The Kier molecular flexibility index (Phi) is 8.04. The van der Waals surface area contributed by atoms with Gasteiger partial charge in [-0.15, -0.1) is 0 Å². The van der Waals surface area contributed by atoms with Gasteiger partial charge in [-0.05, 0) is 26.5 Å². The number of rotatable bonds is 9. The average molecular weight is 297 g/mol. The number of nitrogens with one attached hydrogen (secondary N) is 1. The molecule has 1 rings (SSSR count).